The largest absolute Gasteiger partial charge is 0.481 e. The Bertz CT molecular complexity index is 510. The van der Waals surface area contributed by atoms with E-state index in [1.54, 1.807) is 32.0 Å². The number of anilines is 1. The van der Waals surface area contributed by atoms with Crippen molar-refractivity contribution in [2.45, 2.75) is 26.3 Å². The van der Waals surface area contributed by atoms with Crippen LogP contribution in [0.5, 0.6) is 0 Å². The third-order valence-electron chi connectivity index (χ3n) is 2.77. The van der Waals surface area contributed by atoms with Crippen LogP contribution in [0.1, 0.15) is 20.3 Å². The molecule has 1 aromatic rings. The Morgan fingerprint density at radius 3 is 2.65 bits per heavy atom. The molecule has 0 bridgehead atoms. The maximum atomic E-state index is 12.1. The van der Waals surface area contributed by atoms with Gasteiger partial charge in [0, 0.05) is 22.7 Å². The Kier molecular flexibility index (Phi) is 6.29. The van der Waals surface area contributed by atoms with E-state index >= 15 is 0 Å². The molecular formula is C13H16BrClN2O3. The first-order chi connectivity index (χ1) is 9.35. The molecular weight excluding hydrogens is 348 g/mol. The molecule has 110 valence electrons. The van der Waals surface area contributed by atoms with Crippen molar-refractivity contribution < 1.29 is 14.7 Å². The number of carbonyl (C=O) groups is 2. The molecule has 1 aromatic carbocycles. The molecule has 2 N–H and O–H groups in total. The van der Waals surface area contributed by atoms with Crippen molar-refractivity contribution in [3.05, 3.63) is 27.7 Å². The Hall–Kier alpha value is -1.27. The predicted molar refractivity (Wildman–Crippen MR) is 82.3 cm³/mol. The summed E-state index contributed by atoms with van der Waals surface area (Å²) in [4.78, 5) is 24.3. The molecule has 0 aliphatic heterocycles. The van der Waals surface area contributed by atoms with E-state index in [9.17, 15) is 9.59 Å². The lowest BCUT2D eigenvalue weighted by Crippen LogP contribution is -2.42. The van der Waals surface area contributed by atoms with Crippen LogP contribution in [-0.2, 0) is 4.79 Å². The highest BCUT2D eigenvalue weighted by Gasteiger charge is 2.20. The van der Waals surface area contributed by atoms with Crippen molar-refractivity contribution in [1.82, 2.24) is 4.90 Å². The van der Waals surface area contributed by atoms with E-state index in [1.807, 2.05) is 0 Å². The number of amides is 2. The molecule has 0 saturated heterocycles. The highest BCUT2D eigenvalue weighted by atomic mass is 79.9. The van der Waals surface area contributed by atoms with Crippen LogP contribution in [0.2, 0.25) is 5.02 Å². The van der Waals surface area contributed by atoms with Gasteiger partial charge < -0.3 is 15.3 Å². The summed E-state index contributed by atoms with van der Waals surface area (Å²) in [5.41, 5.74) is 0.559. The lowest BCUT2D eigenvalue weighted by atomic mass is 10.2. The average Bonchev–Trinajstić information content (AvgIpc) is 2.33. The maximum Gasteiger partial charge on any atom is 0.322 e. The minimum atomic E-state index is -0.935. The first-order valence-corrected chi connectivity index (χ1v) is 7.26. The number of carbonyl (C=O) groups excluding carboxylic acids is 1. The number of carboxylic acids is 1. The average molecular weight is 364 g/mol. The number of rotatable bonds is 5. The van der Waals surface area contributed by atoms with Crippen molar-refractivity contribution in [1.29, 1.82) is 0 Å². The van der Waals surface area contributed by atoms with Gasteiger partial charge >= 0.3 is 12.0 Å². The van der Waals surface area contributed by atoms with Gasteiger partial charge in [-0.15, -0.1) is 0 Å². The number of hydrogen-bond acceptors (Lipinski definition) is 2. The van der Waals surface area contributed by atoms with Crippen LogP contribution in [0.4, 0.5) is 10.5 Å². The fourth-order valence-electron chi connectivity index (χ4n) is 1.79. The third-order valence-corrected chi connectivity index (χ3v) is 4.01. The molecule has 1 atom stereocenters. The number of hydrogen-bond donors (Lipinski definition) is 2. The van der Waals surface area contributed by atoms with Gasteiger partial charge in [0.25, 0.3) is 0 Å². The molecule has 0 aromatic heterocycles. The summed E-state index contributed by atoms with van der Waals surface area (Å²) in [6.07, 6.45) is -0.0949. The number of nitrogens with one attached hydrogen (secondary N) is 1. The Morgan fingerprint density at radius 2 is 2.15 bits per heavy atom. The molecule has 0 heterocycles. The third kappa shape index (κ3) is 4.68. The molecule has 0 saturated carbocycles. The van der Waals surface area contributed by atoms with Gasteiger partial charge in [0.15, 0.2) is 0 Å². The van der Waals surface area contributed by atoms with Gasteiger partial charge in [-0.3, -0.25) is 4.79 Å². The quantitative estimate of drug-likeness (QED) is 0.835. The van der Waals surface area contributed by atoms with Crippen molar-refractivity contribution in [2.24, 2.45) is 0 Å². The molecule has 7 heteroatoms. The Labute approximate surface area is 131 Å². The minimum absolute atomic E-state index is 0.0949. The SMILES string of the molecule is CCN(C(=O)Nc1ccc(Br)c(Cl)c1)C(C)CC(=O)O. The van der Waals surface area contributed by atoms with Gasteiger partial charge in [-0.25, -0.2) is 4.79 Å². The van der Waals surface area contributed by atoms with Gasteiger partial charge in [0.2, 0.25) is 0 Å². The normalized spacial score (nSPS) is 11.8. The van der Waals surface area contributed by atoms with Crippen LogP contribution in [0, 0.1) is 0 Å². The van der Waals surface area contributed by atoms with Crippen LogP contribution < -0.4 is 5.32 Å². The molecule has 2 amide bonds. The van der Waals surface area contributed by atoms with Gasteiger partial charge in [0.1, 0.15) is 0 Å². The zero-order chi connectivity index (χ0) is 15.3. The highest BCUT2D eigenvalue weighted by Crippen LogP contribution is 2.25. The van der Waals surface area contributed by atoms with Crippen LogP contribution in [0.15, 0.2) is 22.7 Å². The molecule has 5 nitrogen and oxygen atoms in total. The monoisotopic (exact) mass is 362 g/mol. The first kappa shape index (κ1) is 16.8. The maximum absolute atomic E-state index is 12.1. The Morgan fingerprint density at radius 1 is 1.50 bits per heavy atom. The lowest BCUT2D eigenvalue weighted by molar-refractivity contribution is -0.137. The number of urea groups is 1. The summed E-state index contributed by atoms with van der Waals surface area (Å²) in [5, 5.41) is 12.0. The van der Waals surface area contributed by atoms with E-state index in [2.05, 4.69) is 21.2 Å². The van der Waals surface area contributed by atoms with E-state index in [0.717, 1.165) is 4.47 Å². The second-order valence-corrected chi connectivity index (χ2v) is 5.55. The summed E-state index contributed by atoms with van der Waals surface area (Å²) < 4.78 is 0.740. The van der Waals surface area contributed by atoms with Crippen molar-refractivity contribution in [3.63, 3.8) is 0 Å². The van der Waals surface area contributed by atoms with Crippen LogP contribution >= 0.6 is 27.5 Å². The summed E-state index contributed by atoms with van der Waals surface area (Å²) in [6, 6.07) is 4.33. The molecule has 0 aliphatic carbocycles. The molecule has 0 fully saturated rings. The van der Waals surface area contributed by atoms with Crippen molar-refractivity contribution in [2.75, 3.05) is 11.9 Å². The molecule has 0 spiro atoms. The standard InChI is InChI=1S/C13H16BrClN2O3/c1-3-17(8(2)6-12(18)19)13(20)16-9-4-5-10(14)11(15)7-9/h4-5,7-8H,3,6H2,1-2H3,(H,16,20)(H,18,19). The van der Waals surface area contributed by atoms with Gasteiger partial charge in [-0.1, -0.05) is 11.6 Å². The topological polar surface area (TPSA) is 69.6 Å². The zero-order valence-corrected chi connectivity index (χ0v) is 13.5. The smallest absolute Gasteiger partial charge is 0.322 e. The fraction of sp³-hybridized carbons (Fsp3) is 0.385. The number of aliphatic carboxylic acids is 1. The van der Waals surface area contributed by atoms with Crippen LogP contribution in [-0.4, -0.2) is 34.6 Å². The Balaban J connectivity index is 2.76. The highest BCUT2D eigenvalue weighted by molar-refractivity contribution is 9.10. The molecule has 20 heavy (non-hydrogen) atoms. The number of halogens is 2. The van der Waals surface area contributed by atoms with Crippen molar-refractivity contribution in [3.8, 4) is 0 Å². The number of carboxylic acid groups (broad SMARTS) is 1. The minimum Gasteiger partial charge on any atom is -0.481 e. The summed E-state index contributed by atoms with van der Waals surface area (Å²) in [7, 11) is 0. The van der Waals surface area contributed by atoms with E-state index < -0.39 is 5.97 Å². The van der Waals surface area contributed by atoms with Crippen molar-refractivity contribution >= 4 is 45.2 Å². The zero-order valence-electron chi connectivity index (χ0n) is 11.2. The molecule has 0 radical (unpaired) electrons. The summed E-state index contributed by atoms with van der Waals surface area (Å²) in [6.45, 7) is 3.92. The van der Waals surface area contributed by atoms with Crippen LogP contribution in [0.25, 0.3) is 0 Å². The van der Waals surface area contributed by atoms with Gasteiger partial charge in [0.05, 0.1) is 11.4 Å². The second kappa shape index (κ2) is 7.50. The first-order valence-electron chi connectivity index (χ1n) is 6.09. The second-order valence-electron chi connectivity index (χ2n) is 4.29. The summed E-state index contributed by atoms with van der Waals surface area (Å²) >= 11 is 9.22. The lowest BCUT2D eigenvalue weighted by Gasteiger charge is -2.27. The van der Waals surface area contributed by atoms with E-state index in [1.165, 1.54) is 4.90 Å². The van der Waals surface area contributed by atoms with E-state index in [-0.39, 0.29) is 18.5 Å². The number of benzene rings is 1. The van der Waals surface area contributed by atoms with Crippen LogP contribution in [0.3, 0.4) is 0 Å². The van der Waals surface area contributed by atoms with Gasteiger partial charge in [-0.2, -0.15) is 0 Å². The fourth-order valence-corrected chi connectivity index (χ4v) is 2.21. The molecule has 1 rings (SSSR count). The predicted octanol–water partition coefficient (Wildman–Crippen LogP) is 3.82. The molecule has 1 unspecified atom stereocenters. The molecule has 0 aliphatic rings. The van der Waals surface area contributed by atoms with E-state index in [0.29, 0.717) is 17.3 Å². The van der Waals surface area contributed by atoms with E-state index in [4.69, 9.17) is 16.7 Å². The van der Waals surface area contributed by atoms with Gasteiger partial charge in [-0.05, 0) is 48.0 Å². The summed E-state index contributed by atoms with van der Waals surface area (Å²) in [5.74, 6) is -0.935. The number of nitrogens with zero attached hydrogens (tertiary/aromatic N) is 1.